The summed E-state index contributed by atoms with van der Waals surface area (Å²) >= 11 is 6.10. The zero-order valence-corrected chi connectivity index (χ0v) is 14.5. The zero-order valence-electron chi connectivity index (χ0n) is 13.8. The molecule has 8 heteroatoms. The summed E-state index contributed by atoms with van der Waals surface area (Å²) in [6.45, 7) is 1.41. The Hall–Kier alpha value is -1.99. The minimum atomic E-state index is -4.63. The van der Waals surface area contributed by atoms with Crippen LogP contribution in [0.4, 0.5) is 28.9 Å². The minimum absolute atomic E-state index is 0.000767. The predicted octanol–water partition coefficient (Wildman–Crippen LogP) is 4.45. The smallest absolute Gasteiger partial charge is 0.398 e. The molecule has 0 unspecified atom stereocenters. The second kappa shape index (κ2) is 7.32. The number of hydrogen-bond acceptors (Lipinski definition) is 3. The average molecular weight is 388 g/mol. The van der Waals surface area contributed by atoms with Gasteiger partial charge >= 0.3 is 6.18 Å². The van der Waals surface area contributed by atoms with Crippen molar-refractivity contribution in [3.63, 3.8) is 0 Å². The first-order chi connectivity index (χ1) is 12.3. The van der Waals surface area contributed by atoms with Crippen molar-refractivity contribution >= 4 is 23.0 Å². The lowest BCUT2D eigenvalue weighted by molar-refractivity contribution is -0.138. The molecule has 1 aliphatic rings. The molecule has 0 spiro atoms. The normalized spacial score (nSPS) is 17.5. The van der Waals surface area contributed by atoms with E-state index in [1.807, 2.05) is 4.90 Å². The maximum atomic E-state index is 13.4. The highest BCUT2D eigenvalue weighted by atomic mass is 35.5. The quantitative estimate of drug-likeness (QED) is 0.601. The molecule has 0 bridgehead atoms. The van der Waals surface area contributed by atoms with Gasteiger partial charge in [-0.1, -0.05) is 17.7 Å². The van der Waals surface area contributed by atoms with Gasteiger partial charge < -0.3 is 16.0 Å². The van der Waals surface area contributed by atoms with E-state index >= 15 is 0 Å². The second-order valence-corrected chi connectivity index (χ2v) is 6.69. The fourth-order valence-corrected chi connectivity index (χ4v) is 3.34. The third kappa shape index (κ3) is 4.04. The molecule has 0 radical (unpaired) electrons. The van der Waals surface area contributed by atoms with Gasteiger partial charge in [-0.2, -0.15) is 13.2 Å². The number of nitrogen functional groups attached to an aromatic ring is 1. The Morgan fingerprint density at radius 1 is 1.19 bits per heavy atom. The van der Waals surface area contributed by atoms with Crippen LogP contribution in [-0.2, 0) is 12.7 Å². The van der Waals surface area contributed by atoms with E-state index in [1.54, 1.807) is 18.2 Å². The third-order valence-electron chi connectivity index (χ3n) is 4.51. The van der Waals surface area contributed by atoms with Gasteiger partial charge in [0.2, 0.25) is 0 Å². The predicted molar refractivity (Wildman–Crippen MR) is 94.7 cm³/mol. The van der Waals surface area contributed by atoms with Gasteiger partial charge in [0.05, 0.1) is 16.3 Å². The van der Waals surface area contributed by atoms with Gasteiger partial charge in [-0.15, -0.1) is 0 Å². The number of nitrogens with zero attached hydrogens (tertiary/aromatic N) is 1. The van der Waals surface area contributed by atoms with Crippen LogP contribution in [0.25, 0.3) is 0 Å². The fourth-order valence-electron chi connectivity index (χ4n) is 3.17. The molecular weight excluding hydrogens is 370 g/mol. The van der Waals surface area contributed by atoms with Gasteiger partial charge in [0.25, 0.3) is 0 Å². The maximum Gasteiger partial charge on any atom is 0.416 e. The molecule has 1 atom stereocenters. The molecule has 26 heavy (non-hydrogen) atoms. The van der Waals surface area contributed by atoms with Crippen molar-refractivity contribution in [2.24, 2.45) is 0 Å². The maximum absolute atomic E-state index is 13.4. The Morgan fingerprint density at radius 3 is 2.58 bits per heavy atom. The van der Waals surface area contributed by atoms with Crippen LogP contribution >= 0.6 is 11.6 Å². The van der Waals surface area contributed by atoms with E-state index in [9.17, 15) is 17.6 Å². The molecule has 3 N–H and O–H groups in total. The van der Waals surface area contributed by atoms with Gasteiger partial charge in [0, 0.05) is 24.8 Å². The van der Waals surface area contributed by atoms with Crippen LogP contribution < -0.4 is 16.0 Å². The molecule has 0 saturated carbocycles. The zero-order chi connectivity index (χ0) is 18.9. The number of benzene rings is 2. The molecule has 1 fully saturated rings. The molecular formula is C18H18ClF4N3. The largest absolute Gasteiger partial charge is 0.416 e. The number of nitrogens with one attached hydrogen (secondary N) is 1. The van der Waals surface area contributed by atoms with Gasteiger partial charge in [-0.25, -0.2) is 4.39 Å². The molecule has 0 amide bonds. The lowest BCUT2D eigenvalue weighted by Gasteiger charge is -2.32. The summed E-state index contributed by atoms with van der Waals surface area (Å²) in [5.41, 5.74) is 5.87. The van der Waals surface area contributed by atoms with E-state index in [0.717, 1.165) is 19.0 Å². The monoisotopic (exact) mass is 387 g/mol. The number of hydrogen-bond donors (Lipinski definition) is 2. The van der Waals surface area contributed by atoms with Crippen LogP contribution in [0.3, 0.4) is 0 Å². The molecule has 140 valence electrons. The minimum Gasteiger partial charge on any atom is -0.398 e. The summed E-state index contributed by atoms with van der Waals surface area (Å²) in [6, 6.07) is 7.78. The van der Waals surface area contributed by atoms with Crippen molar-refractivity contribution in [1.82, 2.24) is 5.32 Å². The van der Waals surface area contributed by atoms with Gasteiger partial charge in [-0.3, -0.25) is 0 Å². The van der Waals surface area contributed by atoms with Crippen molar-refractivity contribution < 1.29 is 17.6 Å². The molecule has 1 saturated heterocycles. The van der Waals surface area contributed by atoms with Crippen LogP contribution in [0.2, 0.25) is 5.02 Å². The van der Waals surface area contributed by atoms with E-state index < -0.39 is 17.6 Å². The molecule has 3 nitrogen and oxygen atoms in total. The number of rotatable bonds is 4. The lowest BCUT2D eigenvalue weighted by Crippen LogP contribution is -2.37. The Kier molecular flexibility index (Phi) is 5.29. The highest BCUT2D eigenvalue weighted by molar-refractivity contribution is 6.33. The number of nitrogens with two attached hydrogens (primary N) is 1. The highest BCUT2D eigenvalue weighted by Gasteiger charge is 2.35. The average Bonchev–Trinajstić information content (AvgIpc) is 3.10. The van der Waals surface area contributed by atoms with Gasteiger partial charge in [0.1, 0.15) is 5.82 Å². The van der Waals surface area contributed by atoms with E-state index in [2.05, 4.69) is 5.32 Å². The SMILES string of the molecule is Nc1ccc(N(Cc2ccc(F)cc2C(F)(F)F)[C@H]2CCNC2)cc1Cl. The Morgan fingerprint density at radius 2 is 1.96 bits per heavy atom. The molecule has 3 rings (SSSR count). The topological polar surface area (TPSA) is 41.3 Å². The number of halogens is 5. The molecule has 1 heterocycles. The van der Waals surface area contributed by atoms with Crippen molar-refractivity contribution in [2.75, 3.05) is 23.7 Å². The lowest BCUT2D eigenvalue weighted by atomic mass is 10.0. The second-order valence-electron chi connectivity index (χ2n) is 6.28. The molecule has 2 aromatic rings. The van der Waals surface area contributed by atoms with Gasteiger partial charge in [-0.05, 0) is 48.9 Å². The van der Waals surface area contributed by atoms with Gasteiger partial charge in [0.15, 0.2) is 0 Å². The van der Waals surface area contributed by atoms with E-state index in [-0.39, 0.29) is 18.2 Å². The standard InChI is InChI=1S/C18H18ClF4N3/c19-16-8-13(3-4-17(16)24)26(14-5-6-25-9-14)10-11-1-2-12(20)7-15(11)18(21,22)23/h1-4,7-8,14,25H,5-6,9-10,24H2/t14-/m0/s1. The van der Waals surface area contributed by atoms with Crippen LogP contribution in [0, 0.1) is 5.82 Å². The van der Waals surface area contributed by atoms with Crippen molar-refractivity contribution in [2.45, 2.75) is 25.2 Å². The summed E-state index contributed by atoms with van der Waals surface area (Å²) < 4.78 is 53.4. The molecule has 0 aromatic heterocycles. The van der Waals surface area contributed by atoms with Crippen molar-refractivity contribution in [3.8, 4) is 0 Å². The summed E-state index contributed by atoms with van der Waals surface area (Å²) in [4.78, 5) is 1.85. The molecule has 0 aliphatic carbocycles. The first-order valence-corrected chi connectivity index (χ1v) is 8.51. The summed E-state index contributed by atoms with van der Waals surface area (Å²) in [6.07, 6.45) is -3.85. The number of alkyl halides is 3. The Bertz CT molecular complexity index is 788. The van der Waals surface area contributed by atoms with Crippen LogP contribution in [0.15, 0.2) is 36.4 Å². The fraction of sp³-hybridized carbons (Fsp3) is 0.333. The van der Waals surface area contributed by atoms with E-state index in [0.29, 0.717) is 29.0 Å². The molecule has 2 aromatic carbocycles. The Balaban J connectivity index is 2.00. The summed E-state index contributed by atoms with van der Waals surface area (Å²) in [5, 5.41) is 3.55. The van der Waals surface area contributed by atoms with Crippen LogP contribution in [-0.4, -0.2) is 19.1 Å². The van der Waals surface area contributed by atoms with Crippen LogP contribution in [0.1, 0.15) is 17.5 Å². The third-order valence-corrected chi connectivity index (χ3v) is 4.84. The summed E-state index contributed by atoms with van der Waals surface area (Å²) in [7, 11) is 0. The van der Waals surface area contributed by atoms with Crippen molar-refractivity contribution in [3.05, 3.63) is 58.4 Å². The van der Waals surface area contributed by atoms with Crippen molar-refractivity contribution in [1.29, 1.82) is 0 Å². The van der Waals surface area contributed by atoms with E-state index in [4.69, 9.17) is 17.3 Å². The first kappa shape index (κ1) is 18.8. The van der Waals surface area contributed by atoms with E-state index in [1.165, 1.54) is 6.07 Å². The summed E-state index contributed by atoms with van der Waals surface area (Å²) in [5.74, 6) is -0.911. The highest BCUT2D eigenvalue weighted by Crippen LogP contribution is 2.35. The molecule has 1 aliphatic heterocycles. The Labute approximate surface area is 153 Å². The van der Waals surface area contributed by atoms with Crippen LogP contribution in [0.5, 0.6) is 0 Å². The number of anilines is 2. The first-order valence-electron chi connectivity index (χ1n) is 8.13.